The number of thiazole rings is 2. The number of aromatic nitrogens is 2. The molecule has 0 radical (unpaired) electrons. The molecule has 0 aliphatic heterocycles. The van der Waals surface area contributed by atoms with Gasteiger partial charge in [0.2, 0.25) is 0 Å². The molecule has 14 heteroatoms. The molecule has 0 saturated heterocycles. The van der Waals surface area contributed by atoms with E-state index in [2.05, 4.69) is 9.97 Å². The maximum Gasteiger partial charge on any atom is 1.00 e. The Bertz CT molecular complexity index is 2070. The van der Waals surface area contributed by atoms with E-state index in [4.69, 9.17) is 56.2 Å². The average Bonchev–Trinajstić information content (AvgIpc) is 3.75. The summed E-state index contributed by atoms with van der Waals surface area (Å²) in [4.78, 5) is 31.9. The van der Waals surface area contributed by atoms with Crippen LogP contribution in [0.5, 0.6) is 0 Å². The Kier molecular flexibility index (Phi) is 15.3. The van der Waals surface area contributed by atoms with Gasteiger partial charge in [0.05, 0.1) is 49.7 Å². The molecule has 49 heavy (non-hydrogen) atoms. The van der Waals surface area contributed by atoms with E-state index in [-0.39, 0.29) is 35.9 Å². The van der Waals surface area contributed by atoms with Gasteiger partial charge >= 0.3 is 30.8 Å². The first kappa shape index (κ1) is 40.2. The third-order valence-corrected chi connectivity index (χ3v) is 10.1. The Balaban J connectivity index is 0.000000255. The molecular weight excluding hydrogens is 741 g/mol. The molecule has 2 N–H and O–H groups in total. The van der Waals surface area contributed by atoms with Crippen LogP contribution < -0.4 is 18.9 Å². The van der Waals surface area contributed by atoms with Crippen LogP contribution in [0.3, 0.4) is 0 Å². The molecule has 0 bridgehead atoms. The van der Waals surface area contributed by atoms with Gasteiger partial charge in [-0.3, -0.25) is 0 Å². The van der Waals surface area contributed by atoms with Crippen molar-refractivity contribution < 1.29 is 43.8 Å². The maximum atomic E-state index is 11.6. The molecule has 0 saturated carbocycles. The van der Waals surface area contributed by atoms with Crippen molar-refractivity contribution in [2.45, 2.75) is 12.8 Å². The van der Waals surface area contributed by atoms with Crippen LogP contribution in [-0.4, -0.2) is 39.6 Å². The minimum atomic E-state index is -0.945. The summed E-state index contributed by atoms with van der Waals surface area (Å²) in [6.07, 6.45) is 1.32. The number of hydrogen-bond donors (Lipinski definition) is 1. The van der Waals surface area contributed by atoms with Crippen molar-refractivity contribution in [2.24, 2.45) is 0 Å². The van der Waals surface area contributed by atoms with Crippen molar-refractivity contribution in [3.05, 3.63) is 149 Å². The van der Waals surface area contributed by atoms with E-state index in [1.54, 1.807) is 42.5 Å². The summed E-state index contributed by atoms with van der Waals surface area (Å²) in [6, 6.07) is 25.1. The monoisotopic (exact) mass is 764 g/mol. The zero-order valence-electron chi connectivity index (χ0n) is 26.0. The third kappa shape index (κ3) is 10.9. The van der Waals surface area contributed by atoms with E-state index in [9.17, 15) is 9.59 Å². The van der Waals surface area contributed by atoms with Gasteiger partial charge in [-0.15, -0.1) is 22.7 Å². The summed E-state index contributed by atoms with van der Waals surface area (Å²) in [5.41, 5.74) is 6.37. The molecule has 0 amide bonds. The van der Waals surface area contributed by atoms with Crippen LogP contribution in [0.25, 0.3) is 21.1 Å². The largest absolute Gasteiger partial charge is 1.00 e. The fraction of sp³-hybridized carbons (Fsp3) is 0.0857. The molecule has 6 rings (SSSR count). The van der Waals surface area contributed by atoms with Crippen molar-refractivity contribution in [2.75, 3.05) is 7.11 Å². The summed E-state index contributed by atoms with van der Waals surface area (Å²) in [5, 5.41) is 16.8. The second-order valence-corrected chi connectivity index (χ2v) is 13.4. The topological polar surface area (TPSA) is 119 Å². The first-order chi connectivity index (χ1) is 22.6. The van der Waals surface area contributed by atoms with E-state index in [0.29, 0.717) is 38.5 Å². The number of benzene rings is 4. The van der Waals surface area contributed by atoms with Gasteiger partial charge in [0.1, 0.15) is 10.0 Å². The molecular formula is C35H25Cl4LiN2O5S2. The Hall–Kier alpha value is -3.20. The van der Waals surface area contributed by atoms with Gasteiger partial charge in [-0.2, -0.15) is 0 Å². The summed E-state index contributed by atoms with van der Waals surface area (Å²) in [7, 11) is 1.37. The number of aromatic carboxylic acids is 1. The predicted molar refractivity (Wildman–Crippen MR) is 194 cm³/mol. The van der Waals surface area contributed by atoms with Gasteiger partial charge in [-0.25, -0.2) is 19.6 Å². The average molecular weight is 766 g/mol. The fourth-order valence-corrected chi connectivity index (χ4v) is 6.72. The standard InChI is InChI=1S/C18H13Cl2NO2S.C17H11Cl2NO2S.Li.H2O/c1-23-18(22)13-4-2-3-12(9-13)17-21-14(10-24-17)7-11-5-6-15(19)16(20)8-11;18-14-5-4-10(7-15(14)19)6-13-9-23-16(20-13)11-2-1-3-12(8-11)17(21)22;;/h2-6,8-10H,7H2,1H3;1-5,7-9H,6H2,(H,21,22);;1H2/q;;+1;/p-1. The first-order valence-electron chi connectivity index (χ1n) is 13.9. The molecule has 0 aliphatic rings. The summed E-state index contributed by atoms with van der Waals surface area (Å²) < 4.78 is 4.75. The van der Waals surface area contributed by atoms with Crippen LogP contribution in [0.2, 0.25) is 20.1 Å². The zero-order valence-corrected chi connectivity index (χ0v) is 30.7. The fourth-order valence-electron chi connectivity index (χ4n) is 4.44. The summed E-state index contributed by atoms with van der Waals surface area (Å²) in [5.74, 6) is -1.30. The smallest absolute Gasteiger partial charge is 0.870 e. The van der Waals surface area contributed by atoms with E-state index >= 15 is 0 Å². The molecule has 0 unspecified atom stereocenters. The van der Waals surface area contributed by atoms with E-state index < -0.39 is 5.97 Å². The van der Waals surface area contributed by atoms with Crippen molar-refractivity contribution in [3.8, 4) is 21.1 Å². The molecule has 2 aromatic heterocycles. The van der Waals surface area contributed by atoms with E-state index in [1.807, 2.05) is 53.2 Å². The Morgan fingerprint density at radius 1 is 0.673 bits per heavy atom. The van der Waals surface area contributed by atoms with Crippen LogP contribution in [-0.2, 0) is 17.6 Å². The molecule has 0 fully saturated rings. The van der Waals surface area contributed by atoms with Gasteiger partial charge in [0, 0.05) is 34.7 Å². The number of carbonyl (C=O) groups excluding carboxylic acids is 1. The number of carbonyl (C=O) groups is 2. The number of rotatable bonds is 8. The Morgan fingerprint density at radius 2 is 1.12 bits per heavy atom. The quantitative estimate of drug-likeness (QED) is 0.124. The van der Waals surface area contributed by atoms with Crippen molar-refractivity contribution >= 4 is 81.0 Å². The van der Waals surface area contributed by atoms with Gasteiger partial charge in [0.15, 0.2) is 0 Å². The SMILES string of the molecule is COC(=O)c1cccc(-c2nc(Cc3ccc(Cl)c(Cl)c3)cs2)c1.O=C(O)c1cccc(-c2nc(Cc3ccc(Cl)c(Cl)c3)cs2)c1.[Li+].[OH-]. The summed E-state index contributed by atoms with van der Waals surface area (Å²) >= 11 is 26.9. The molecule has 4 aromatic carbocycles. The van der Waals surface area contributed by atoms with Crippen LogP contribution in [0.15, 0.2) is 95.7 Å². The van der Waals surface area contributed by atoms with Crippen LogP contribution in [0.4, 0.5) is 0 Å². The Morgan fingerprint density at radius 3 is 1.55 bits per heavy atom. The normalized spacial score (nSPS) is 10.2. The molecule has 2 heterocycles. The molecule has 7 nitrogen and oxygen atoms in total. The number of hydrogen-bond acceptors (Lipinski definition) is 8. The van der Waals surface area contributed by atoms with Gasteiger partial charge in [-0.05, 0) is 59.7 Å². The van der Waals surface area contributed by atoms with Crippen molar-refractivity contribution in [1.82, 2.24) is 9.97 Å². The van der Waals surface area contributed by atoms with Gasteiger partial charge in [-0.1, -0.05) is 82.8 Å². The number of esters is 1. The number of carboxylic acid groups (broad SMARTS) is 1. The van der Waals surface area contributed by atoms with Crippen LogP contribution in [0.1, 0.15) is 43.2 Å². The third-order valence-electron chi connectivity index (χ3n) is 6.73. The first-order valence-corrected chi connectivity index (χ1v) is 17.2. The predicted octanol–water partition coefficient (Wildman–Crippen LogP) is 7.73. The minimum absolute atomic E-state index is 0. The number of nitrogens with zero attached hydrogens (tertiary/aromatic N) is 2. The van der Waals surface area contributed by atoms with Crippen LogP contribution >= 0.6 is 69.1 Å². The molecule has 0 spiro atoms. The maximum absolute atomic E-state index is 11.6. The molecule has 6 aromatic rings. The molecule has 0 aliphatic carbocycles. The number of methoxy groups -OCH3 is 1. The zero-order chi connectivity index (χ0) is 33.5. The van der Waals surface area contributed by atoms with Gasteiger partial charge < -0.3 is 15.3 Å². The van der Waals surface area contributed by atoms with E-state index in [0.717, 1.165) is 43.7 Å². The van der Waals surface area contributed by atoms with Crippen molar-refractivity contribution in [3.63, 3.8) is 0 Å². The van der Waals surface area contributed by atoms with Gasteiger partial charge in [0.25, 0.3) is 0 Å². The number of halogens is 4. The second kappa shape index (κ2) is 18.7. The second-order valence-electron chi connectivity index (χ2n) is 10.1. The Labute approximate surface area is 322 Å². The number of carboxylic acids is 1. The van der Waals surface area contributed by atoms with Crippen molar-refractivity contribution in [1.29, 1.82) is 0 Å². The molecule has 246 valence electrons. The number of ether oxygens (including phenoxy) is 1. The summed E-state index contributed by atoms with van der Waals surface area (Å²) in [6.45, 7) is 0. The van der Waals surface area contributed by atoms with E-state index in [1.165, 1.54) is 29.8 Å². The molecule has 0 atom stereocenters. The minimum Gasteiger partial charge on any atom is -0.870 e. The van der Waals surface area contributed by atoms with Crippen LogP contribution in [0, 0.1) is 0 Å².